The Bertz CT molecular complexity index is 1030. The molecule has 0 aliphatic carbocycles. The van der Waals surface area contributed by atoms with Gasteiger partial charge in [0, 0.05) is 7.05 Å². The van der Waals surface area contributed by atoms with E-state index in [2.05, 4.69) is 0 Å². The molecule has 1 heterocycles. The normalized spacial score (nSPS) is 14.3. The van der Waals surface area contributed by atoms with Crippen molar-refractivity contribution in [3.63, 3.8) is 0 Å². The van der Waals surface area contributed by atoms with Gasteiger partial charge >= 0.3 is 5.97 Å². The molecule has 0 aromatic heterocycles. The number of sulfonamides is 1. The summed E-state index contributed by atoms with van der Waals surface area (Å²) in [6.45, 7) is 2.94. The Morgan fingerprint density at radius 2 is 1.73 bits per heavy atom. The standard InChI is InChI=1S/C18H18N2O5S/c1-11-8-13(18(22)23)9-16(12(11)2)26(24,25)20-10-17(21)19(3)14-6-4-5-7-15(14)20/h4-9H,10H2,1-3H3,(H,22,23). The maximum Gasteiger partial charge on any atom is 0.335 e. The molecule has 0 saturated carbocycles. The summed E-state index contributed by atoms with van der Waals surface area (Å²) in [4.78, 5) is 24.9. The van der Waals surface area contributed by atoms with Gasteiger partial charge in [0.25, 0.3) is 10.0 Å². The van der Waals surface area contributed by atoms with Crippen LogP contribution in [0.5, 0.6) is 0 Å². The number of para-hydroxylation sites is 2. The van der Waals surface area contributed by atoms with Crippen LogP contribution >= 0.6 is 0 Å². The van der Waals surface area contributed by atoms with Gasteiger partial charge in [-0.1, -0.05) is 12.1 Å². The number of carboxylic acids is 1. The number of anilines is 2. The molecule has 0 atom stereocenters. The van der Waals surface area contributed by atoms with E-state index in [1.54, 1.807) is 45.2 Å². The first-order valence-corrected chi connectivity index (χ1v) is 9.31. The van der Waals surface area contributed by atoms with Crippen LogP contribution < -0.4 is 9.21 Å². The van der Waals surface area contributed by atoms with E-state index in [1.165, 1.54) is 11.0 Å². The number of likely N-dealkylation sites (N-methyl/N-ethyl adjacent to an activating group) is 1. The molecule has 8 heteroatoms. The Morgan fingerprint density at radius 1 is 1.12 bits per heavy atom. The number of fused-ring (bicyclic) bond motifs is 1. The molecule has 2 aromatic carbocycles. The van der Waals surface area contributed by atoms with Gasteiger partial charge in [-0.25, -0.2) is 13.2 Å². The molecule has 136 valence electrons. The summed E-state index contributed by atoms with van der Waals surface area (Å²) in [6, 6.07) is 9.28. The molecular formula is C18H18N2O5S. The molecule has 0 spiro atoms. The lowest BCUT2D eigenvalue weighted by Crippen LogP contribution is -2.46. The lowest BCUT2D eigenvalue weighted by molar-refractivity contribution is -0.117. The van der Waals surface area contributed by atoms with Gasteiger partial charge in [-0.05, 0) is 49.2 Å². The van der Waals surface area contributed by atoms with E-state index in [9.17, 15) is 23.1 Å². The van der Waals surface area contributed by atoms with Crippen molar-refractivity contribution in [2.75, 3.05) is 22.8 Å². The molecule has 0 unspecified atom stereocenters. The van der Waals surface area contributed by atoms with Crippen LogP contribution in [-0.2, 0) is 14.8 Å². The van der Waals surface area contributed by atoms with Gasteiger partial charge in [0.1, 0.15) is 6.54 Å². The first kappa shape index (κ1) is 17.9. The highest BCUT2D eigenvalue weighted by molar-refractivity contribution is 7.93. The average Bonchev–Trinajstić information content (AvgIpc) is 2.59. The molecule has 1 amide bonds. The third-order valence-electron chi connectivity index (χ3n) is 4.60. The van der Waals surface area contributed by atoms with E-state index in [1.807, 2.05) is 0 Å². The van der Waals surface area contributed by atoms with Gasteiger partial charge in [-0.15, -0.1) is 0 Å². The Labute approximate surface area is 151 Å². The zero-order chi connectivity index (χ0) is 19.2. The molecule has 26 heavy (non-hydrogen) atoms. The smallest absolute Gasteiger partial charge is 0.335 e. The van der Waals surface area contributed by atoms with Crippen LogP contribution in [0.3, 0.4) is 0 Å². The number of carboxylic acid groups (broad SMARTS) is 1. The zero-order valence-corrected chi connectivity index (χ0v) is 15.4. The summed E-state index contributed by atoms with van der Waals surface area (Å²) in [5.41, 5.74) is 1.76. The predicted octanol–water partition coefficient (Wildman–Crippen LogP) is 2.17. The maximum absolute atomic E-state index is 13.3. The largest absolute Gasteiger partial charge is 0.478 e. The van der Waals surface area contributed by atoms with Gasteiger partial charge in [-0.3, -0.25) is 9.10 Å². The first-order valence-electron chi connectivity index (χ1n) is 7.87. The SMILES string of the molecule is Cc1cc(C(=O)O)cc(S(=O)(=O)N2CC(=O)N(C)c3ccccc32)c1C. The molecule has 3 rings (SSSR count). The minimum Gasteiger partial charge on any atom is -0.478 e. The van der Waals surface area contributed by atoms with Gasteiger partial charge in [0.15, 0.2) is 0 Å². The average molecular weight is 374 g/mol. The number of aryl methyl sites for hydroxylation is 1. The van der Waals surface area contributed by atoms with E-state index in [0.29, 0.717) is 22.5 Å². The maximum atomic E-state index is 13.3. The quantitative estimate of drug-likeness (QED) is 0.888. The molecule has 0 bridgehead atoms. The molecule has 0 fully saturated rings. The monoisotopic (exact) mass is 374 g/mol. The number of carbonyl (C=O) groups is 2. The Morgan fingerprint density at radius 3 is 2.35 bits per heavy atom. The zero-order valence-electron chi connectivity index (χ0n) is 14.6. The summed E-state index contributed by atoms with van der Waals surface area (Å²) in [7, 11) is -2.53. The van der Waals surface area contributed by atoms with Crippen LogP contribution in [0.4, 0.5) is 11.4 Å². The number of benzene rings is 2. The fraction of sp³-hybridized carbons (Fsp3) is 0.222. The van der Waals surface area contributed by atoms with Crippen molar-refractivity contribution in [2.45, 2.75) is 18.7 Å². The number of nitrogens with zero attached hydrogens (tertiary/aromatic N) is 2. The Balaban J connectivity index is 2.23. The second-order valence-corrected chi connectivity index (χ2v) is 8.01. The van der Waals surface area contributed by atoms with E-state index in [0.717, 1.165) is 10.4 Å². The van der Waals surface area contributed by atoms with E-state index >= 15 is 0 Å². The molecule has 7 nitrogen and oxygen atoms in total. The number of hydrogen-bond acceptors (Lipinski definition) is 4. The molecular weight excluding hydrogens is 356 g/mol. The summed E-state index contributed by atoms with van der Waals surface area (Å²) in [5.74, 6) is -1.57. The lowest BCUT2D eigenvalue weighted by atomic mass is 10.1. The summed E-state index contributed by atoms with van der Waals surface area (Å²) < 4.78 is 27.7. The highest BCUT2D eigenvalue weighted by atomic mass is 32.2. The predicted molar refractivity (Wildman–Crippen MR) is 97.3 cm³/mol. The van der Waals surface area contributed by atoms with E-state index in [-0.39, 0.29) is 22.9 Å². The minimum absolute atomic E-state index is 0.109. The van der Waals surface area contributed by atoms with Crippen LogP contribution in [0.1, 0.15) is 21.5 Å². The molecule has 2 aromatic rings. The van der Waals surface area contributed by atoms with Crippen molar-refractivity contribution in [2.24, 2.45) is 0 Å². The topological polar surface area (TPSA) is 95.0 Å². The van der Waals surface area contributed by atoms with E-state index < -0.39 is 16.0 Å². The number of rotatable bonds is 3. The number of amides is 1. The molecule has 1 N–H and O–H groups in total. The van der Waals surface area contributed by atoms with Crippen molar-refractivity contribution < 1.29 is 23.1 Å². The third kappa shape index (κ3) is 2.72. The second-order valence-electron chi connectivity index (χ2n) is 6.17. The highest BCUT2D eigenvalue weighted by Gasteiger charge is 2.36. The van der Waals surface area contributed by atoms with Gasteiger partial charge < -0.3 is 10.0 Å². The Kier molecular flexibility index (Phi) is 4.23. The molecule has 1 aliphatic heterocycles. The molecule has 0 saturated heterocycles. The highest BCUT2D eigenvalue weighted by Crippen LogP contribution is 2.37. The summed E-state index contributed by atoms with van der Waals surface area (Å²) in [5, 5.41) is 9.27. The van der Waals surface area contributed by atoms with Crippen molar-refractivity contribution in [1.82, 2.24) is 0 Å². The Hall–Kier alpha value is -2.87. The van der Waals surface area contributed by atoms with Crippen LogP contribution in [0.2, 0.25) is 0 Å². The van der Waals surface area contributed by atoms with Crippen molar-refractivity contribution >= 4 is 33.3 Å². The number of carbonyl (C=O) groups excluding carboxylic acids is 1. The van der Waals surface area contributed by atoms with Crippen molar-refractivity contribution in [1.29, 1.82) is 0 Å². The fourth-order valence-electron chi connectivity index (χ4n) is 2.96. The van der Waals surface area contributed by atoms with Crippen LogP contribution in [0, 0.1) is 13.8 Å². The number of aromatic carboxylic acids is 1. The van der Waals surface area contributed by atoms with Crippen LogP contribution in [0.15, 0.2) is 41.3 Å². The van der Waals surface area contributed by atoms with Gasteiger partial charge in [0.05, 0.1) is 21.8 Å². The van der Waals surface area contributed by atoms with Crippen LogP contribution in [-0.4, -0.2) is 39.0 Å². The fourth-order valence-corrected chi connectivity index (χ4v) is 4.71. The molecule has 0 radical (unpaired) electrons. The first-order chi connectivity index (χ1) is 12.1. The second kappa shape index (κ2) is 6.14. The lowest BCUT2D eigenvalue weighted by Gasteiger charge is -2.35. The summed E-state index contributed by atoms with van der Waals surface area (Å²) >= 11 is 0. The van der Waals surface area contributed by atoms with Gasteiger partial charge in [-0.2, -0.15) is 0 Å². The van der Waals surface area contributed by atoms with Crippen molar-refractivity contribution in [3.05, 3.63) is 53.1 Å². The van der Waals surface area contributed by atoms with Crippen LogP contribution in [0.25, 0.3) is 0 Å². The van der Waals surface area contributed by atoms with Crippen molar-refractivity contribution in [3.8, 4) is 0 Å². The molecule has 1 aliphatic rings. The van der Waals surface area contributed by atoms with Gasteiger partial charge in [0.2, 0.25) is 5.91 Å². The summed E-state index contributed by atoms with van der Waals surface area (Å²) in [6.07, 6.45) is 0. The number of hydrogen-bond donors (Lipinski definition) is 1. The third-order valence-corrected chi connectivity index (χ3v) is 6.49. The van der Waals surface area contributed by atoms with E-state index in [4.69, 9.17) is 0 Å². The minimum atomic E-state index is -4.12.